The lowest BCUT2D eigenvalue weighted by molar-refractivity contribution is 0.0806. The van der Waals surface area contributed by atoms with E-state index < -0.39 is 22.2 Å². The summed E-state index contributed by atoms with van der Waals surface area (Å²) in [4.78, 5) is 14.7. The van der Waals surface area contributed by atoms with E-state index in [2.05, 4.69) is 5.32 Å². The summed E-state index contributed by atoms with van der Waals surface area (Å²) in [7, 11) is -2.18. The number of ether oxygens (including phenoxy) is 1. The van der Waals surface area contributed by atoms with Crippen LogP contribution in [0.15, 0.2) is 53.4 Å². The van der Waals surface area contributed by atoms with Crippen molar-refractivity contribution < 1.29 is 23.1 Å². The number of hydrogen-bond donors (Lipinski definition) is 2. The Balaban J connectivity index is 1.62. The van der Waals surface area contributed by atoms with Crippen molar-refractivity contribution in [2.75, 3.05) is 26.7 Å². The number of fused-ring (bicyclic) bond motifs is 1. The molecule has 1 aliphatic carbocycles. The fourth-order valence-corrected chi connectivity index (χ4v) is 7.03. The van der Waals surface area contributed by atoms with Crippen molar-refractivity contribution in [3.8, 4) is 5.75 Å². The van der Waals surface area contributed by atoms with Crippen molar-refractivity contribution in [1.82, 2.24) is 14.5 Å². The number of carbonyl (C=O) groups excluding carboxylic acids is 1. The SMILES string of the molecule is C[C@H]1CN([C@@H](C)CO)S(=O)(=O)c2ccc(/C=C/c3ccccc3)cc2O[C@H]1CN(C)C(=O)NC1CCCCC1. The number of rotatable bonds is 7. The maximum absolute atomic E-state index is 13.7. The predicted octanol–water partition coefficient (Wildman–Crippen LogP) is 4.60. The number of hydrogen-bond acceptors (Lipinski definition) is 5. The van der Waals surface area contributed by atoms with Gasteiger partial charge in [-0.1, -0.05) is 74.7 Å². The molecule has 9 heteroatoms. The summed E-state index contributed by atoms with van der Waals surface area (Å²) in [5.41, 5.74) is 1.82. The number of amides is 2. The van der Waals surface area contributed by atoms with Crippen LogP contribution in [-0.2, 0) is 10.0 Å². The fourth-order valence-electron chi connectivity index (χ4n) is 5.20. The minimum absolute atomic E-state index is 0.0610. The van der Waals surface area contributed by atoms with E-state index in [1.165, 1.54) is 10.7 Å². The van der Waals surface area contributed by atoms with Crippen LogP contribution in [0.1, 0.15) is 57.1 Å². The molecular formula is C30H41N3O5S. The summed E-state index contributed by atoms with van der Waals surface area (Å²) in [6, 6.07) is 14.4. The van der Waals surface area contributed by atoms with Crippen molar-refractivity contribution in [1.29, 1.82) is 0 Å². The zero-order valence-electron chi connectivity index (χ0n) is 23.1. The minimum atomic E-state index is -3.93. The number of nitrogens with one attached hydrogen (secondary N) is 1. The topological polar surface area (TPSA) is 99.2 Å². The van der Waals surface area contributed by atoms with E-state index in [0.717, 1.165) is 36.8 Å². The lowest BCUT2D eigenvalue weighted by Gasteiger charge is -2.37. The Bertz CT molecular complexity index is 1240. The van der Waals surface area contributed by atoms with Gasteiger partial charge in [-0.05, 0) is 43.0 Å². The number of carbonyl (C=O) groups is 1. The fraction of sp³-hybridized carbons (Fsp3) is 0.500. The highest BCUT2D eigenvalue weighted by Crippen LogP contribution is 2.34. The van der Waals surface area contributed by atoms with E-state index in [9.17, 15) is 18.3 Å². The van der Waals surface area contributed by atoms with E-state index in [1.54, 1.807) is 37.1 Å². The number of nitrogens with zero attached hydrogens (tertiary/aromatic N) is 2. The molecule has 0 bridgehead atoms. The standard InChI is InChI=1S/C30H41N3O5S/c1-22-19-33(23(2)21-34)39(36,37)29-17-16-25(15-14-24-10-6-4-7-11-24)18-27(29)38-28(22)20-32(3)30(35)31-26-12-8-5-9-13-26/h4,6-7,10-11,14-18,22-23,26,28,34H,5,8-9,12-13,19-21H2,1-3H3,(H,31,35)/b15-14+/t22-,23-,28-/m0/s1. The van der Waals surface area contributed by atoms with E-state index in [-0.39, 0.29) is 41.8 Å². The third-order valence-corrected chi connectivity index (χ3v) is 9.71. The van der Waals surface area contributed by atoms with Crippen molar-refractivity contribution in [3.05, 3.63) is 59.7 Å². The number of sulfonamides is 1. The number of urea groups is 1. The van der Waals surface area contributed by atoms with Gasteiger partial charge in [0.25, 0.3) is 0 Å². The second-order valence-electron chi connectivity index (χ2n) is 10.9. The van der Waals surface area contributed by atoms with Crippen LogP contribution in [0.2, 0.25) is 0 Å². The maximum atomic E-state index is 13.7. The molecule has 1 heterocycles. The molecule has 2 aromatic carbocycles. The summed E-state index contributed by atoms with van der Waals surface area (Å²) in [6.07, 6.45) is 8.88. The van der Waals surface area contributed by atoms with E-state index in [4.69, 9.17) is 4.74 Å². The Morgan fingerprint density at radius 2 is 1.82 bits per heavy atom. The first kappa shape index (κ1) is 29.1. The molecule has 2 N–H and O–H groups in total. The molecule has 1 saturated carbocycles. The summed E-state index contributed by atoms with van der Waals surface area (Å²) in [5.74, 6) is 0.00774. The van der Waals surface area contributed by atoms with Gasteiger partial charge >= 0.3 is 6.03 Å². The molecule has 3 atom stereocenters. The third kappa shape index (κ3) is 7.21. The molecule has 1 fully saturated rings. The molecule has 0 unspecified atom stereocenters. The van der Waals surface area contributed by atoms with Gasteiger partial charge in [-0.3, -0.25) is 0 Å². The minimum Gasteiger partial charge on any atom is -0.487 e. The molecule has 8 nitrogen and oxygen atoms in total. The van der Waals surface area contributed by atoms with Crippen LogP contribution in [0.3, 0.4) is 0 Å². The smallest absolute Gasteiger partial charge is 0.317 e. The van der Waals surface area contributed by atoms with Crippen LogP contribution < -0.4 is 10.1 Å². The summed E-state index contributed by atoms with van der Waals surface area (Å²) in [6.45, 7) is 3.79. The highest BCUT2D eigenvalue weighted by atomic mass is 32.2. The van der Waals surface area contributed by atoms with Crippen LogP contribution in [0.25, 0.3) is 12.2 Å². The molecule has 212 valence electrons. The van der Waals surface area contributed by atoms with Crippen molar-refractivity contribution in [2.45, 2.75) is 69.0 Å². The van der Waals surface area contributed by atoms with Crippen molar-refractivity contribution in [3.63, 3.8) is 0 Å². The average molecular weight is 556 g/mol. The Morgan fingerprint density at radius 1 is 1.13 bits per heavy atom. The summed E-state index contributed by atoms with van der Waals surface area (Å²) in [5, 5.41) is 13.0. The van der Waals surface area contributed by atoms with E-state index in [1.807, 2.05) is 49.4 Å². The second kappa shape index (κ2) is 13.0. The van der Waals surface area contributed by atoms with Gasteiger partial charge in [-0.25, -0.2) is 13.2 Å². The first-order chi connectivity index (χ1) is 18.7. The largest absolute Gasteiger partial charge is 0.487 e. The molecule has 0 saturated heterocycles. The zero-order valence-corrected chi connectivity index (χ0v) is 23.9. The maximum Gasteiger partial charge on any atom is 0.317 e. The molecule has 1 aliphatic heterocycles. The molecule has 2 aromatic rings. The lowest BCUT2D eigenvalue weighted by Crippen LogP contribution is -2.52. The highest BCUT2D eigenvalue weighted by molar-refractivity contribution is 7.89. The summed E-state index contributed by atoms with van der Waals surface area (Å²) < 4.78 is 35.2. The van der Waals surface area contributed by atoms with Crippen LogP contribution in [0, 0.1) is 5.92 Å². The first-order valence-electron chi connectivity index (χ1n) is 13.9. The number of aliphatic hydroxyl groups excluding tert-OH is 1. The van der Waals surface area contributed by atoms with E-state index in [0.29, 0.717) is 6.54 Å². The Kier molecular flexibility index (Phi) is 9.69. The first-order valence-corrected chi connectivity index (χ1v) is 15.3. The Labute approximate surface area is 232 Å². The molecule has 4 rings (SSSR count). The number of aliphatic hydroxyl groups is 1. The average Bonchev–Trinajstić information content (AvgIpc) is 2.94. The van der Waals surface area contributed by atoms with E-state index >= 15 is 0 Å². The quantitative estimate of drug-likeness (QED) is 0.487. The molecule has 39 heavy (non-hydrogen) atoms. The number of benzene rings is 2. The summed E-state index contributed by atoms with van der Waals surface area (Å²) >= 11 is 0. The third-order valence-electron chi connectivity index (χ3n) is 7.69. The molecule has 0 spiro atoms. The normalized spacial score (nSPS) is 22.8. The van der Waals surface area contributed by atoms with Crippen molar-refractivity contribution in [2.24, 2.45) is 5.92 Å². The van der Waals surface area contributed by atoms with Gasteiger partial charge in [0.05, 0.1) is 13.2 Å². The molecule has 0 aromatic heterocycles. The Hall–Kier alpha value is -2.88. The molecule has 0 radical (unpaired) electrons. The van der Waals surface area contributed by atoms with Gasteiger partial charge in [0, 0.05) is 31.6 Å². The van der Waals surface area contributed by atoms with Gasteiger partial charge in [-0.15, -0.1) is 0 Å². The van der Waals surface area contributed by atoms with Gasteiger partial charge in [0.1, 0.15) is 16.7 Å². The predicted molar refractivity (Wildman–Crippen MR) is 154 cm³/mol. The monoisotopic (exact) mass is 555 g/mol. The van der Waals surface area contributed by atoms with Crippen LogP contribution in [-0.4, -0.2) is 73.7 Å². The van der Waals surface area contributed by atoms with Gasteiger partial charge in [0.15, 0.2) is 0 Å². The lowest BCUT2D eigenvalue weighted by atomic mass is 9.96. The highest BCUT2D eigenvalue weighted by Gasteiger charge is 2.38. The van der Waals surface area contributed by atoms with Crippen molar-refractivity contribution >= 4 is 28.2 Å². The Morgan fingerprint density at radius 3 is 2.51 bits per heavy atom. The van der Waals surface area contributed by atoms with Crippen LogP contribution >= 0.6 is 0 Å². The molecular weight excluding hydrogens is 514 g/mol. The second-order valence-corrected chi connectivity index (χ2v) is 12.7. The molecule has 2 aliphatic rings. The van der Waals surface area contributed by atoms with Gasteiger partial charge in [-0.2, -0.15) is 4.31 Å². The number of likely N-dealkylation sites (N-methyl/N-ethyl adjacent to an activating group) is 1. The van der Waals surface area contributed by atoms with Gasteiger partial charge < -0.3 is 20.1 Å². The zero-order chi connectivity index (χ0) is 28.0. The van der Waals surface area contributed by atoms with Crippen LogP contribution in [0.4, 0.5) is 4.79 Å². The van der Waals surface area contributed by atoms with Crippen LogP contribution in [0.5, 0.6) is 5.75 Å². The van der Waals surface area contributed by atoms with Gasteiger partial charge in [0.2, 0.25) is 10.0 Å². The molecule has 2 amide bonds.